The average molecular weight is 410 g/mol. The molecule has 1 heterocycles. The summed E-state index contributed by atoms with van der Waals surface area (Å²) in [7, 11) is 0. The number of carbonyl (C=O) groups is 2. The van der Waals surface area contributed by atoms with Crippen LogP contribution in [-0.2, 0) is 4.79 Å². The van der Waals surface area contributed by atoms with Gasteiger partial charge in [-0.3, -0.25) is 9.59 Å². The topological polar surface area (TPSA) is 86.6 Å². The van der Waals surface area contributed by atoms with Crippen LogP contribution < -0.4 is 5.32 Å². The van der Waals surface area contributed by atoms with E-state index in [9.17, 15) is 19.8 Å². The highest BCUT2D eigenvalue weighted by atomic mass is 16.3. The highest BCUT2D eigenvalue weighted by molar-refractivity contribution is 5.99. The number of rotatable bonds is 2. The fraction of sp³-hybridized carbons (Fsp3) is 0.600. The molecular formula is C25H31NO4. The van der Waals surface area contributed by atoms with Crippen molar-refractivity contribution in [3.05, 3.63) is 35.9 Å². The normalized spacial score (nSPS) is 42.1. The Hall–Kier alpha value is -2.30. The first-order chi connectivity index (χ1) is 14.2. The van der Waals surface area contributed by atoms with Gasteiger partial charge in [0.05, 0.1) is 0 Å². The molecule has 30 heavy (non-hydrogen) atoms. The fourth-order valence-corrected chi connectivity index (χ4v) is 7.64. The van der Waals surface area contributed by atoms with Crippen LogP contribution >= 0.6 is 0 Å². The molecule has 160 valence electrons. The molecular weight excluding hydrogens is 378 g/mol. The van der Waals surface area contributed by atoms with Gasteiger partial charge in [0, 0.05) is 22.9 Å². The first-order valence-electron chi connectivity index (χ1n) is 11.3. The third kappa shape index (κ3) is 2.67. The molecule has 5 nitrogen and oxygen atoms in total. The summed E-state index contributed by atoms with van der Waals surface area (Å²) in [6.45, 7) is 4.61. The van der Waals surface area contributed by atoms with Crippen LogP contribution in [0.5, 0.6) is 11.5 Å². The van der Waals surface area contributed by atoms with Crippen molar-refractivity contribution in [1.29, 1.82) is 0 Å². The van der Waals surface area contributed by atoms with Gasteiger partial charge < -0.3 is 15.5 Å². The molecule has 3 aliphatic carbocycles. The van der Waals surface area contributed by atoms with Crippen molar-refractivity contribution in [1.82, 2.24) is 5.32 Å². The molecule has 5 heteroatoms. The molecule has 7 atom stereocenters. The molecule has 0 bridgehead atoms. The molecule has 1 amide bonds. The van der Waals surface area contributed by atoms with E-state index in [-0.39, 0.29) is 46.0 Å². The Bertz CT molecular complexity index is 939. The van der Waals surface area contributed by atoms with E-state index in [0.29, 0.717) is 23.3 Å². The minimum absolute atomic E-state index is 0.00298. The third-order valence-electron chi connectivity index (χ3n) is 9.26. The number of amides is 1. The molecule has 0 saturated heterocycles. The molecule has 1 aliphatic heterocycles. The Morgan fingerprint density at radius 3 is 2.60 bits per heavy atom. The number of aromatic hydroxyl groups is 2. The molecule has 3 fully saturated rings. The second kappa shape index (κ2) is 6.60. The van der Waals surface area contributed by atoms with Crippen molar-refractivity contribution in [3.63, 3.8) is 0 Å². The molecule has 0 unspecified atom stereocenters. The minimum Gasteiger partial charge on any atom is -0.504 e. The summed E-state index contributed by atoms with van der Waals surface area (Å²) in [6.07, 6.45) is 10.0. The van der Waals surface area contributed by atoms with Crippen LogP contribution in [0.1, 0.15) is 62.7 Å². The van der Waals surface area contributed by atoms with Crippen molar-refractivity contribution in [2.24, 2.45) is 34.5 Å². The van der Waals surface area contributed by atoms with Gasteiger partial charge >= 0.3 is 0 Å². The molecule has 0 aromatic heterocycles. The van der Waals surface area contributed by atoms with Gasteiger partial charge in [-0.05, 0) is 86.0 Å². The van der Waals surface area contributed by atoms with E-state index in [1.165, 1.54) is 12.1 Å². The monoisotopic (exact) mass is 409 g/mol. The standard InChI is InChI=1S/C25H31NO4/c1-24-11-9-17-15(4-8-21-25(17,2)12-10-22(29)26-21)16(24)5-6-18(24)23(30)14-3-7-19(27)20(28)13-14/h3,7,10,12-13,15-18,21,27-28H,4-6,8-9,11H2,1-2H3,(H,26,29)/t15-,16-,17-,18+,21+,24-,25+/m0/s1. The second-order valence-electron chi connectivity index (χ2n) is 10.5. The van der Waals surface area contributed by atoms with Gasteiger partial charge in [-0.25, -0.2) is 0 Å². The van der Waals surface area contributed by atoms with Gasteiger partial charge in [0.25, 0.3) is 0 Å². The zero-order valence-corrected chi connectivity index (χ0v) is 17.7. The maximum atomic E-state index is 13.4. The summed E-state index contributed by atoms with van der Waals surface area (Å²) < 4.78 is 0. The molecule has 0 radical (unpaired) electrons. The average Bonchev–Trinajstić information content (AvgIpc) is 3.07. The number of phenolic OH excluding ortho intramolecular Hbond substituents is 2. The predicted molar refractivity (Wildman–Crippen MR) is 113 cm³/mol. The van der Waals surface area contributed by atoms with Crippen LogP contribution in [0.25, 0.3) is 0 Å². The summed E-state index contributed by atoms with van der Waals surface area (Å²) in [5.74, 6) is 1.29. The maximum absolute atomic E-state index is 13.4. The zero-order chi connectivity index (χ0) is 21.3. The molecule has 3 saturated carbocycles. The Morgan fingerprint density at radius 1 is 1.03 bits per heavy atom. The molecule has 4 aliphatic rings. The Balaban J connectivity index is 1.43. The second-order valence-corrected chi connectivity index (χ2v) is 10.5. The van der Waals surface area contributed by atoms with Gasteiger partial charge in [-0.2, -0.15) is 0 Å². The van der Waals surface area contributed by atoms with Crippen LogP contribution in [0, 0.1) is 34.5 Å². The Labute approximate surface area is 177 Å². The van der Waals surface area contributed by atoms with Gasteiger partial charge in [0.2, 0.25) is 5.91 Å². The first-order valence-corrected chi connectivity index (χ1v) is 11.3. The summed E-state index contributed by atoms with van der Waals surface area (Å²) in [5.41, 5.74) is 0.465. The van der Waals surface area contributed by atoms with Gasteiger partial charge in [-0.15, -0.1) is 0 Å². The lowest BCUT2D eigenvalue weighted by Gasteiger charge is -2.58. The molecule has 1 aromatic carbocycles. The van der Waals surface area contributed by atoms with E-state index in [0.717, 1.165) is 38.5 Å². The number of benzene rings is 1. The number of nitrogens with one attached hydrogen (secondary N) is 1. The van der Waals surface area contributed by atoms with Crippen molar-refractivity contribution >= 4 is 11.7 Å². The quantitative estimate of drug-likeness (QED) is 0.505. The lowest BCUT2D eigenvalue weighted by molar-refractivity contribution is -0.122. The minimum atomic E-state index is -0.235. The van der Waals surface area contributed by atoms with Crippen molar-refractivity contribution in [3.8, 4) is 11.5 Å². The number of fused-ring (bicyclic) bond motifs is 5. The van der Waals surface area contributed by atoms with Crippen LogP contribution in [0.15, 0.2) is 30.4 Å². The summed E-state index contributed by atoms with van der Waals surface area (Å²) in [5, 5.41) is 22.7. The number of carbonyl (C=O) groups excluding carboxylic acids is 2. The first kappa shape index (κ1) is 19.7. The van der Waals surface area contributed by atoms with Crippen LogP contribution in [0.4, 0.5) is 0 Å². The summed E-state index contributed by atoms with van der Waals surface area (Å²) in [4.78, 5) is 25.3. The molecule has 1 aromatic rings. The number of hydrogen-bond donors (Lipinski definition) is 3. The van der Waals surface area contributed by atoms with E-state index in [4.69, 9.17) is 0 Å². The van der Waals surface area contributed by atoms with Crippen LogP contribution in [0.3, 0.4) is 0 Å². The summed E-state index contributed by atoms with van der Waals surface area (Å²) >= 11 is 0. The lowest BCUT2D eigenvalue weighted by Crippen LogP contribution is -2.59. The van der Waals surface area contributed by atoms with Gasteiger partial charge in [0.15, 0.2) is 17.3 Å². The fourth-order valence-electron chi connectivity index (χ4n) is 7.64. The molecule has 0 spiro atoms. The molecule has 3 N–H and O–H groups in total. The van der Waals surface area contributed by atoms with Crippen molar-refractivity contribution in [2.45, 2.75) is 58.4 Å². The number of hydrogen-bond acceptors (Lipinski definition) is 4. The van der Waals surface area contributed by atoms with Crippen LogP contribution in [-0.4, -0.2) is 27.9 Å². The SMILES string of the molecule is C[C@]12C=CC(=O)N[C@@H]1CC[C@@H]1[C@@H]2CC[C@]2(C)[C@@H](C(=O)c3ccc(O)c(O)c3)CC[C@@H]12. The predicted octanol–water partition coefficient (Wildman–Crippen LogP) is 4.19. The van der Waals surface area contributed by atoms with E-state index in [2.05, 4.69) is 25.2 Å². The smallest absolute Gasteiger partial charge is 0.243 e. The number of phenols is 2. The summed E-state index contributed by atoms with van der Waals surface area (Å²) in [6, 6.07) is 4.66. The number of ketones is 1. The highest BCUT2D eigenvalue weighted by Crippen LogP contribution is 2.65. The van der Waals surface area contributed by atoms with E-state index in [1.54, 1.807) is 12.1 Å². The highest BCUT2D eigenvalue weighted by Gasteiger charge is 2.60. The Kier molecular flexibility index (Phi) is 4.32. The lowest BCUT2D eigenvalue weighted by atomic mass is 9.47. The van der Waals surface area contributed by atoms with Crippen molar-refractivity contribution in [2.75, 3.05) is 0 Å². The largest absolute Gasteiger partial charge is 0.504 e. The van der Waals surface area contributed by atoms with Crippen LogP contribution in [0.2, 0.25) is 0 Å². The van der Waals surface area contributed by atoms with E-state index >= 15 is 0 Å². The Morgan fingerprint density at radius 2 is 1.83 bits per heavy atom. The molecule has 5 rings (SSSR count). The maximum Gasteiger partial charge on any atom is 0.243 e. The van der Waals surface area contributed by atoms with E-state index in [1.807, 2.05) is 0 Å². The third-order valence-corrected chi connectivity index (χ3v) is 9.26. The van der Waals surface area contributed by atoms with Gasteiger partial charge in [0.1, 0.15) is 0 Å². The number of Topliss-reactive ketones (excluding diaryl/α,β-unsaturated/α-hetero) is 1. The van der Waals surface area contributed by atoms with Crippen molar-refractivity contribution < 1.29 is 19.8 Å². The zero-order valence-electron chi connectivity index (χ0n) is 17.7. The van der Waals surface area contributed by atoms with Gasteiger partial charge in [-0.1, -0.05) is 19.9 Å². The van der Waals surface area contributed by atoms with E-state index < -0.39 is 0 Å².